The average molecular weight is 387 g/mol. The largest absolute Gasteiger partial charge is 0.507 e. The Bertz CT molecular complexity index is 1080. The van der Waals surface area contributed by atoms with Crippen molar-refractivity contribution in [2.24, 2.45) is 0 Å². The number of Topliss-reactive ketones (excluding diaryl/α,β-unsaturated/α-hetero) is 1. The fourth-order valence-electron chi connectivity index (χ4n) is 2.89. The lowest BCUT2D eigenvalue weighted by Crippen LogP contribution is -2.37. The van der Waals surface area contributed by atoms with Gasteiger partial charge in [-0.15, -0.1) is 0 Å². The van der Waals surface area contributed by atoms with E-state index in [0.29, 0.717) is 0 Å². The molecule has 0 heterocycles. The minimum Gasteiger partial charge on any atom is -0.507 e. The highest BCUT2D eigenvalue weighted by atomic mass is 32.2. The van der Waals surface area contributed by atoms with Gasteiger partial charge in [0.15, 0.2) is 11.6 Å². The Morgan fingerprint density at radius 2 is 1.48 bits per heavy atom. The zero-order chi connectivity index (χ0) is 19.9. The molecule has 1 aliphatic carbocycles. The number of hydrogen-bond donors (Lipinski definition) is 3. The fraction of sp³-hybridized carbons (Fsp3) is 0.158. The number of phenols is 2. The molecular weight excluding hydrogens is 370 g/mol. The maximum absolute atomic E-state index is 12.7. The summed E-state index contributed by atoms with van der Waals surface area (Å²) in [4.78, 5) is 25.1. The van der Waals surface area contributed by atoms with Crippen molar-refractivity contribution in [1.29, 1.82) is 0 Å². The standard InChI is InChI=1S/C19H17NO6S/c1-10-3-5-12(6-4-10)27(25,26)20-11(2)13-9-16(23)17-14(21)7-8-15(22)18(17)19(13)24/h3-9,11,20-22H,1-2H3. The van der Waals surface area contributed by atoms with Gasteiger partial charge in [-0.25, -0.2) is 13.1 Å². The first-order valence-electron chi connectivity index (χ1n) is 8.06. The van der Waals surface area contributed by atoms with E-state index in [0.717, 1.165) is 23.8 Å². The second-order valence-corrected chi connectivity index (χ2v) is 8.02. The SMILES string of the molecule is Cc1ccc(S(=O)(=O)NC(C)C2=CC(=O)c3c(O)ccc(O)c3C2=O)cc1. The highest BCUT2D eigenvalue weighted by Crippen LogP contribution is 2.35. The third-order valence-corrected chi connectivity index (χ3v) is 5.87. The van der Waals surface area contributed by atoms with Crippen LogP contribution in [0.15, 0.2) is 52.9 Å². The van der Waals surface area contributed by atoms with Crippen molar-refractivity contribution in [2.45, 2.75) is 24.8 Å². The van der Waals surface area contributed by atoms with Gasteiger partial charge in [0.25, 0.3) is 0 Å². The van der Waals surface area contributed by atoms with Gasteiger partial charge in [-0.3, -0.25) is 9.59 Å². The zero-order valence-corrected chi connectivity index (χ0v) is 15.4. The Hall–Kier alpha value is -2.97. The van der Waals surface area contributed by atoms with Gasteiger partial charge in [0, 0.05) is 11.6 Å². The van der Waals surface area contributed by atoms with Crippen LogP contribution in [-0.2, 0) is 10.0 Å². The molecule has 0 fully saturated rings. The number of nitrogens with one attached hydrogen (secondary N) is 1. The van der Waals surface area contributed by atoms with Crippen LogP contribution in [0.3, 0.4) is 0 Å². The van der Waals surface area contributed by atoms with E-state index in [1.165, 1.54) is 19.1 Å². The van der Waals surface area contributed by atoms with Crippen LogP contribution in [0.5, 0.6) is 11.5 Å². The van der Waals surface area contributed by atoms with E-state index in [1.54, 1.807) is 12.1 Å². The summed E-state index contributed by atoms with van der Waals surface area (Å²) in [6.07, 6.45) is 0.978. The predicted octanol–water partition coefficient (Wildman–Crippen LogP) is 2.08. The van der Waals surface area contributed by atoms with Gasteiger partial charge >= 0.3 is 0 Å². The molecule has 2 aromatic rings. The maximum Gasteiger partial charge on any atom is 0.241 e. The highest BCUT2D eigenvalue weighted by Gasteiger charge is 2.34. The molecule has 0 radical (unpaired) electrons. The number of phenolic OH excluding ortho intramolecular Hbond substituents is 2. The molecule has 1 atom stereocenters. The summed E-state index contributed by atoms with van der Waals surface area (Å²) in [5, 5.41) is 19.8. The minimum atomic E-state index is -3.93. The average Bonchev–Trinajstić information content (AvgIpc) is 2.60. The van der Waals surface area contributed by atoms with Crippen LogP contribution in [0, 0.1) is 6.92 Å². The number of rotatable bonds is 4. The number of sulfonamides is 1. The molecule has 0 saturated heterocycles. The third kappa shape index (κ3) is 3.36. The number of aryl methyl sites for hydroxylation is 1. The maximum atomic E-state index is 12.7. The molecule has 3 N–H and O–H groups in total. The molecule has 8 heteroatoms. The second-order valence-electron chi connectivity index (χ2n) is 6.30. The van der Waals surface area contributed by atoms with E-state index in [4.69, 9.17) is 0 Å². The number of allylic oxidation sites excluding steroid dienone is 1. The van der Waals surface area contributed by atoms with Crippen LogP contribution < -0.4 is 4.72 Å². The number of benzene rings is 2. The lowest BCUT2D eigenvalue weighted by molar-refractivity contribution is 0.0974. The number of ketones is 2. The van der Waals surface area contributed by atoms with Gasteiger partial charge in [0.1, 0.15) is 11.5 Å². The molecule has 0 saturated carbocycles. The molecule has 27 heavy (non-hydrogen) atoms. The number of fused-ring (bicyclic) bond motifs is 1. The van der Waals surface area contributed by atoms with Crippen molar-refractivity contribution in [1.82, 2.24) is 4.72 Å². The van der Waals surface area contributed by atoms with Crippen LogP contribution in [0.1, 0.15) is 33.2 Å². The Morgan fingerprint density at radius 1 is 0.926 bits per heavy atom. The molecule has 7 nitrogen and oxygen atoms in total. The van der Waals surface area contributed by atoms with E-state index in [1.807, 2.05) is 6.92 Å². The minimum absolute atomic E-state index is 0.0241. The summed E-state index contributed by atoms with van der Waals surface area (Å²) in [6, 6.07) is 7.35. The first-order chi connectivity index (χ1) is 12.6. The van der Waals surface area contributed by atoms with Crippen LogP contribution in [0.4, 0.5) is 0 Å². The zero-order valence-electron chi connectivity index (χ0n) is 14.6. The molecule has 0 aliphatic heterocycles. The summed E-state index contributed by atoms with van der Waals surface area (Å²) >= 11 is 0. The third-order valence-electron chi connectivity index (χ3n) is 4.31. The van der Waals surface area contributed by atoms with Gasteiger partial charge in [0.05, 0.1) is 16.0 Å². The van der Waals surface area contributed by atoms with Crippen LogP contribution in [-0.4, -0.2) is 36.2 Å². The van der Waals surface area contributed by atoms with Crippen molar-refractivity contribution < 1.29 is 28.2 Å². The van der Waals surface area contributed by atoms with Crippen LogP contribution in [0.2, 0.25) is 0 Å². The predicted molar refractivity (Wildman–Crippen MR) is 97.5 cm³/mol. The first kappa shape index (κ1) is 18.8. The summed E-state index contributed by atoms with van der Waals surface area (Å²) < 4.78 is 27.4. The van der Waals surface area contributed by atoms with Crippen molar-refractivity contribution >= 4 is 21.6 Å². The van der Waals surface area contributed by atoms with Gasteiger partial charge in [-0.05, 0) is 44.2 Å². The van der Waals surface area contributed by atoms with Gasteiger partial charge in [-0.1, -0.05) is 17.7 Å². The molecular formula is C19H17NO6S. The topological polar surface area (TPSA) is 121 Å². The van der Waals surface area contributed by atoms with Crippen molar-refractivity contribution in [3.63, 3.8) is 0 Å². The Balaban J connectivity index is 1.95. The molecule has 0 bridgehead atoms. The number of hydrogen-bond acceptors (Lipinski definition) is 6. The highest BCUT2D eigenvalue weighted by molar-refractivity contribution is 7.89. The molecule has 1 unspecified atom stereocenters. The van der Waals surface area contributed by atoms with Gasteiger partial charge < -0.3 is 10.2 Å². The second kappa shape index (κ2) is 6.64. The van der Waals surface area contributed by atoms with E-state index >= 15 is 0 Å². The lowest BCUT2D eigenvalue weighted by atomic mass is 9.86. The Labute approximate surface area is 156 Å². The van der Waals surface area contributed by atoms with Crippen molar-refractivity contribution in [3.05, 3.63) is 64.7 Å². The van der Waals surface area contributed by atoms with Gasteiger partial charge in [-0.2, -0.15) is 0 Å². The number of carbonyl (C=O) groups is 2. The van der Waals surface area contributed by atoms with Crippen LogP contribution in [0.25, 0.3) is 0 Å². The Morgan fingerprint density at radius 3 is 2.07 bits per heavy atom. The quantitative estimate of drug-likeness (QED) is 0.691. The number of aromatic hydroxyl groups is 2. The van der Waals surface area contributed by atoms with Crippen molar-refractivity contribution in [3.8, 4) is 11.5 Å². The molecule has 1 aliphatic rings. The lowest BCUT2D eigenvalue weighted by Gasteiger charge is -2.22. The molecule has 2 aromatic carbocycles. The first-order valence-corrected chi connectivity index (χ1v) is 9.54. The number of carbonyl (C=O) groups excluding carboxylic acids is 2. The van der Waals surface area contributed by atoms with Crippen LogP contribution >= 0.6 is 0 Å². The normalized spacial score (nSPS) is 15.3. The van der Waals surface area contributed by atoms with Gasteiger partial charge in [0.2, 0.25) is 10.0 Å². The van der Waals surface area contributed by atoms with E-state index in [2.05, 4.69) is 4.72 Å². The smallest absolute Gasteiger partial charge is 0.241 e. The molecule has 0 spiro atoms. The molecule has 0 amide bonds. The molecule has 3 rings (SSSR count). The fourth-order valence-corrected chi connectivity index (χ4v) is 4.11. The Kier molecular flexibility index (Phi) is 4.63. The molecule has 140 valence electrons. The van der Waals surface area contributed by atoms with Crippen molar-refractivity contribution in [2.75, 3.05) is 0 Å². The summed E-state index contributed by atoms with van der Waals surface area (Å²) in [6.45, 7) is 3.25. The van der Waals surface area contributed by atoms with E-state index in [9.17, 15) is 28.2 Å². The molecule has 0 aromatic heterocycles. The summed E-state index contributed by atoms with van der Waals surface area (Å²) in [5.74, 6) is -2.30. The summed E-state index contributed by atoms with van der Waals surface area (Å²) in [5.41, 5.74) is 0.143. The monoisotopic (exact) mass is 387 g/mol. The van der Waals surface area contributed by atoms with E-state index in [-0.39, 0.29) is 21.6 Å². The summed E-state index contributed by atoms with van der Waals surface area (Å²) in [7, 11) is -3.93. The van der Waals surface area contributed by atoms with E-state index < -0.39 is 39.1 Å².